The molecule has 1 aromatic carbocycles. The zero-order valence-corrected chi connectivity index (χ0v) is 16.5. The SMILES string of the molecule is Cc1cc(Nc2nccn3c(I)cnc23)ccc1C(=O)N1CCNCC1. The molecule has 134 valence electrons. The number of hydrogen-bond acceptors (Lipinski definition) is 5. The summed E-state index contributed by atoms with van der Waals surface area (Å²) in [6.07, 6.45) is 5.44. The van der Waals surface area contributed by atoms with E-state index in [1.54, 1.807) is 6.20 Å². The predicted molar refractivity (Wildman–Crippen MR) is 109 cm³/mol. The zero-order valence-electron chi connectivity index (χ0n) is 14.4. The van der Waals surface area contributed by atoms with Gasteiger partial charge in [-0.3, -0.25) is 9.20 Å². The predicted octanol–water partition coefficient (Wildman–Crippen LogP) is 2.43. The van der Waals surface area contributed by atoms with Gasteiger partial charge < -0.3 is 15.5 Å². The average Bonchev–Trinajstić information content (AvgIpc) is 3.04. The van der Waals surface area contributed by atoms with Gasteiger partial charge in [0.2, 0.25) is 0 Å². The van der Waals surface area contributed by atoms with Crippen molar-refractivity contribution in [3.05, 3.63) is 51.6 Å². The second-order valence-electron chi connectivity index (χ2n) is 6.25. The summed E-state index contributed by atoms with van der Waals surface area (Å²) in [5.41, 5.74) is 3.36. The van der Waals surface area contributed by atoms with E-state index in [2.05, 4.69) is 43.2 Å². The number of fused-ring (bicyclic) bond motifs is 1. The van der Waals surface area contributed by atoms with Gasteiger partial charge >= 0.3 is 0 Å². The Morgan fingerprint density at radius 2 is 2.08 bits per heavy atom. The highest BCUT2D eigenvalue weighted by Crippen LogP contribution is 2.23. The highest BCUT2D eigenvalue weighted by molar-refractivity contribution is 14.1. The molecule has 1 aliphatic rings. The Balaban J connectivity index is 1.58. The van der Waals surface area contributed by atoms with Crippen LogP contribution in [0, 0.1) is 10.6 Å². The normalized spacial score (nSPS) is 14.6. The first-order valence-corrected chi connectivity index (χ1v) is 9.56. The number of imidazole rings is 1. The number of halogens is 1. The Hall–Kier alpha value is -2.20. The quantitative estimate of drug-likeness (QED) is 0.586. The Morgan fingerprint density at radius 1 is 1.27 bits per heavy atom. The maximum Gasteiger partial charge on any atom is 0.254 e. The number of benzene rings is 1. The molecule has 0 atom stereocenters. The Morgan fingerprint density at radius 3 is 2.85 bits per heavy atom. The summed E-state index contributed by atoms with van der Waals surface area (Å²) in [6, 6.07) is 5.79. The van der Waals surface area contributed by atoms with E-state index < -0.39 is 0 Å². The Kier molecular flexibility index (Phi) is 4.77. The van der Waals surface area contributed by atoms with Crippen LogP contribution in [0.3, 0.4) is 0 Å². The minimum atomic E-state index is 0.0959. The summed E-state index contributed by atoms with van der Waals surface area (Å²) in [7, 11) is 0. The third-order valence-corrected chi connectivity index (χ3v) is 5.30. The van der Waals surface area contributed by atoms with Crippen LogP contribution in [0.1, 0.15) is 15.9 Å². The molecule has 0 radical (unpaired) electrons. The lowest BCUT2D eigenvalue weighted by molar-refractivity contribution is 0.0735. The van der Waals surface area contributed by atoms with E-state index in [1.165, 1.54) is 0 Å². The van der Waals surface area contributed by atoms with Gasteiger partial charge in [0.15, 0.2) is 11.5 Å². The molecule has 1 aliphatic heterocycles. The molecule has 2 aromatic heterocycles. The summed E-state index contributed by atoms with van der Waals surface area (Å²) >= 11 is 2.24. The van der Waals surface area contributed by atoms with E-state index in [0.717, 1.165) is 52.3 Å². The van der Waals surface area contributed by atoms with Crippen molar-refractivity contribution >= 4 is 45.7 Å². The molecule has 0 unspecified atom stereocenters. The number of carbonyl (C=O) groups excluding carboxylic acids is 1. The highest BCUT2D eigenvalue weighted by Gasteiger charge is 2.19. The molecule has 3 heterocycles. The third-order valence-electron chi connectivity index (χ3n) is 4.51. The Labute approximate surface area is 165 Å². The summed E-state index contributed by atoms with van der Waals surface area (Å²) < 4.78 is 3.00. The fourth-order valence-electron chi connectivity index (χ4n) is 3.13. The minimum Gasteiger partial charge on any atom is -0.337 e. The van der Waals surface area contributed by atoms with Crippen LogP contribution < -0.4 is 10.6 Å². The molecule has 1 saturated heterocycles. The standard InChI is InChI=1S/C18H19IN6O/c1-12-10-13(2-3-14(12)18(26)24-7-4-20-5-8-24)23-16-17-22-11-15(19)25(17)9-6-21-16/h2-3,6,9-11,20H,4-5,7-8H2,1H3,(H,21,23). The van der Waals surface area contributed by atoms with Crippen LogP contribution in [0.25, 0.3) is 5.65 Å². The third kappa shape index (κ3) is 3.26. The molecule has 2 N–H and O–H groups in total. The second kappa shape index (κ2) is 7.20. The monoisotopic (exact) mass is 462 g/mol. The molecule has 3 aromatic rings. The fraction of sp³-hybridized carbons (Fsp3) is 0.278. The van der Waals surface area contributed by atoms with Crippen molar-refractivity contribution in [2.24, 2.45) is 0 Å². The van der Waals surface area contributed by atoms with Gasteiger partial charge in [-0.15, -0.1) is 0 Å². The number of nitrogens with one attached hydrogen (secondary N) is 2. The lowest BCUT2D eigenvalue weighted by Crippen LogP contribution is -2.46. The molecule has 1 fully saturated rings. The van der Waals surface area contributed by atoms with Crippen LogP contribution in [0.2, 0.25) is 0 Å². The summed E-state index contributed by atoms with van der Waals surface area (Å²) in [5.74, 6) is 0.787. The maximum absolute atomic E-state index is 12.7. The lowest BCUT2D eigenvalue weighted by Gasteiger charge is -2.28. The molecule has 4 rings (SSSR count). The largest absolute Gasteiger partial charge is 0.337 e. The molecule has 0 spiro atoms. The van der Waals surface area contributed by atoms with Crippen molar-refractivity contribution in [1.29, 1.82) is 0 Å². The number of piperazine rings is 1. The maximum atomic E-state index is 12.7. The summed E-state index contributed by atoms with van der Waals surface area (Å²) in [6.45, 7) is 5.17. The topological polar surface area (TPSA) is 74.6 Å². The number of nitrogens with zero attached hydrogens (tertiary/aromatic N) is 4. The van der Waals surface area contributed by atoms with Crippen LogP contribution >= 0.6 is 22.6 Å². The van der Waals surface area contributed by atoms with E-state index in [1.807, 2.05) is 46.8 Å². The van der Waals surface area contributed by atoms with E-state index >= 15 is 0 Å². The fourth-order valence-corrected chi connectivity index (χ4v) is 3.66. The van der Waals surface area contributed by atoms with E-state index in [4.69, 9.17) is 0 Å². The molecule has 8 heteroatoms. The van der Waals surface area contributed by atoms with Gasteiger partial charge in [-0.05, 0) is 53.3 Å². The van der Waals surface area contributed by atoms with Crippen molar-refractivity contribution in [1.82, 2.24) is 24.6 Å². The number of rotatable bonds is 3. The van der Waals surface area contributed by atoms with Crippen LogP contribution in [0.4, 0.5) is 11.5 Å². The van der Waals surface area contributed by atoms with Gasteiger partial charge in [0.1, 0.15) is 3.70 Å². The van der Waals surface area contributed by atoms with E-state index in [9.17, 15) is 4.79 Å². The average molecular weight is 462 g/mol. The molecular formula is C18H19IN6O. The van der Waals surface area contributed by atoms with Crippen molar-refractivity contribution < 1.29 is 4.79 Å². The first kappa shape index (κ1) is 17.2. The van der Waals surface area contributed by atoms with Crippen LogP contribution in [0.15, 0.2) is 36.8 Å². The number of hydrogen-bond donors (Lipinski definition) is 2. The summed E-state index contributed by atoms with van der Waals surface area (Å²) in [5, 5.41) is 6.58. The van der Waals surface area contributed by atoms with E-state index in [0.29, 0.717) is 5.82 Å². The highest BCUT2D eigenvalue weighted by atomic mass is 127. The molecule has 0 saturated carbocycles. The molecule has 7 nitrogen and oxygen atoms in total. The van der Waals surface area contributed by atoms with Gasteiger partial charge in [-0.25, -0.2) is 9.97 Å². The summed E-state index contributed by atoms with van der Waals surface area (Å²) in [4.78, 5) is 23.4. The molecule has 1 amide bonds. The molecule has 0 aliphatic carbocycles. The number of amides is 1. The van der Waals surface area contributed by atoms with Crippen molar-refractivity contribution in [3.8, 4) is 0 Å². The second-order valence-corrected chi connectivity index (χ2v) is 7.35. The van der Waals surface area contributed by atoms with Gasteiger partial charge in [0.25, 0.3) is 5.91 Å². The van der Waals surface area contributed by atoms with Gasteiger partial charge in [-0.2, -0.15) is 0 Å². The van der Waals surface area contributed by atoms with Gasteiger partial charge in [-0.1, -0.05) is 0 Å². The lowest BCUT2D eigenvalue weighted by atomic mass is 10.1. The first-order valence-electron chi connectivity index (χ1n) is 8.49. The van der Waals surface area contributed by atoms with Crippen molar-refractivity contribution in [3.63, 3.8) is 0 Å². The van der Waals surface area contributed by atoms with Crippen molar-refractivity contribution in [2.75, 3.05) is 31.5 Å². The number of carbonyl (C=O) groups is 1. The number of anilines is 2. The minimum absolute atomic E-state index is 0.0959. The van der Waals surface area contributed by atoms with Gasteiger partial charge in [0.05, 0.1) is 6.20 Å². The van der Waals surface area contributed by atoms with Crippen LogP contribution in [0.5, 0.6) is 0 Å². The number of aromatic nitrogens is 3. The first-order chi connectivity index (χ1) is 12.6. The van der Waals surface area contributed by atoms with E-state index in [-0.39, 0.29) is 5.91 Å². The molecular weight excluding hydrogens is 443 g/mol. The van der Waals surface area contributed by atoms with Crippen LogP contribution in [-0.2, 0) is 0 Å². The zero-order chi connectivity index (χ0) is 18.1. The molecule has 0 bridgehead atoms. The van der Waals surface area contributed by atoms with Crippen molar-refractivity contribution in [2.45, 2.75) is 6.92 Å². The number of aryl methyl sites for hydroxylation is 1. The smallest absolute Gasteiger partial charge is 0.254 e. The van der Waals surface area contributed by atoms with Crippen LogP contribution in [-0.4, -0.2) is 51.4 Å². The molecule has 26 heavy (non-hydrogen) atoms. The van der Waals surface area contributed by atoms with Gasteiger partial charge in [0, 0.05) is 49.8 Å². The Bertz CT molecular complexity index is 963.